The average molecular weight is 756 g/mol. The first kappa shape index (κ1) is 14.1. The number of hydrogen-bond donors (Lipinski definition) is 0. The van der Waals surface area contributed by atoms with E-state index in [0.717, 1.165) is 19.8 Å². The molecule has 3 heterocycles. The van der Waals surface area contributed by atoms with Gasteiger partial charge in [0.1, 0.15) is 0 Å². The third-order valence-electron chi connectivity index (χ3n) is 9.64. The van der Waals surface area contributed by atoms with Crippen LogP contribution in [-0.2, 0) is 0 Å². The van der Waals surface area contributed by atoms with Crippen LogP contribution in [0.15, 0.2) is 212 Å². The molecular weight excluding hydrogens is 691 g/mol. The third-order valence-corrected chi connectivity index (χ3v) is 9.64. The zero-order valence-electron chi connectivity index (χ0n) is 58.7. The topological polar surface area (TPSA) is 14.8 Å². The predicted molar refractivity (Wildman–Crippen MR) is 240 cm³/mol. The van der Waals surface area contributed by atoms with Crippen molar-refractivity contribution in [3.8, 4) is 39.3 Å². The lowest BCUT2D eigenvalue weighted by Gasteiger charge is -2.12. The molecule has 266 valence electrons. The molecule has 0 saturated carbocycles. The molecule has 3 aromatic heterocycles. The Morgan fingerprint density at radius 3 is 1.39 bits per heavy atom. The van der Waals surface area contributed by atoms with Gasteiger partial charge in [-0.15, -0.1) is 0 Å². The smallest absolute Gasteiger partial charge is 0.0652 e. The Kier molecular flexibility index (Phi) is 3.09. The van der Waals surface area contributed by atoms with Crippen molar-refractivity contribution >= 4 is 65.4 Å². The zero-order valence-corrected chi connectivity index (χ0v) is 28.7. The molecule has 0 spiro atoms. The van der Waals surface area contributed by atoms with Gasteiger partial charge in [0.05, 0.1) is 74.2 Å². The van der Waals surface area contributed by atoms with Crippen LogP contribution in [0.2, 0.25) is 0 Å². The van der Waals surface area contributed by atoms with Gasteiger partial charge >= 0.3 is 0 Å². The van der Waals surface area contributed by atoms with Gasteiger partial charge in [-0.2, -0.15) is 0 Å². The van der Waals surface area contributed by atoms with Gasteiger partial charge in [-0.1, -0.05) is 133 Å². The van der Waals surface area contributed by atoms with Crippen LogP contribution in [0.5, 0.6) is 0 Å². The molecule has 0 aliphatic rings. The summed E-state index contributed by atoms with van der Waals surface area (Å²) in [5.41, 5.74) is -5.81. The van der Waals surface area contributed by atoms with Gasteiger partial charge < -0.3 is 13.7 Å². The van der Waals surface area contributed by atoms with E-state index in [-0.39, 0.29) is 27.4 Å². The van der Waals surface area contributed by atoms with Crippen molar-refractivity contribution in [3.63, 3.8) is 0 Å². The first-order chi connectivity index (χ1) is 40.8. The fraction of sp³-hybridized carbons (Fsp3) is 0. The van der Waals surface area contributed by atoms with E-state index >= 15 is 0 Å². The van der Waals surface area contributed by atoms with Crippen LogP contribution in [0, 0.1) is 0 Å². The third kappa shape index (κ3) is 4.86. The van der Waals surface area contributed by atoms with Crippen molar-refractivity contribution in [2.75, 3.05) is 0 Å². The highest BCUT2D eigenvalue weighted by atomic mass is 15.0. The van der Waals surface area contributed by atoms with Gasteiger partial charge in [-0.05, 0) is 101 Å². The second kappa shape index (κ2) is 12.5. The summed E-state index contributed by atoms with van der Waals surface area (Å²) >= 11 is 0. The largest absolute Gasteiger partial charge is 0.309 e. The Morgan fingerprint density at radius 2 is 0.737 bits per heavy atom. The molecule has 0 radical (unpaired) electrons. The second-order valence-corrected chi connectivity index (χ2v) is 12.7. The monoisotopic (exact) mass is 755 g/mol. The van der Waals surface area contributed by atoms with Crippen molar-refractivity contribution in [2.24, 2.45) is 0 Å². The quantitative estimate of drug-likeness (QED) is 0.166. The summed E-state index contributed by atoms with van der Waals surface area (Å²) < 4.78 is 273. The average Bonchev–Trinajstić information content (AvgIpc) is 1.55. The van der Waals surface area contributed by atoms with Gasteiger partial charge in [-0.25, -0.2) is 0 Å². The van der Waals surface area contributed by atoms with Crippen LogP contribution >= 0.6 is 0 Å². The first-order valence-corrected chi connectivity index (χ1v) is 17.2. The molecule has 0 fully saturated rings. The molecule has 57 heavy (non-hydrogen) atoms. The van der Waals surface area contributed by atoms with Crippen LogP contribution in [0.3, 0.4) is 0 Å². The maximum atomic E-state index is 10.2. The van der Waals surface area contributed by atoms with E-state index < -0.39 is 259 Å². The molecule has 0 amide bonds. The zero-order chi connectivity index (χ0) is 63.6. The maximum Gasteiger partial charge on any atom is 0.0652 e. The van der Waals surface area contributed by atoms with Gasteiger partial charge in [0.15, 0.2) is 0 Å². The minimum absolute atomic E-state index is 0.102. The number of benzene rings is 9. The van der Waals surface area contributed by atoms with Crippen LogP contribution in [0.4, 0.5) is 0 Å². The molecule has 9 aromatic carbocycles. The highest BCUT2D eigenvalue weighted by Crippen LogP contribution is 2.39. The normalized spacial score (nSPS) is 19.2. The summed E-state index contributed by atoms with van der Waals surface area (Å²) in [5.74, 6) is 0. The number of para-hydroxylation sites is 4. The molecule has 12 rings (SSSR count). The lowest BCUT2D eigenvalue weighted by molar-refractivity contribution is 1.16. The molecule has 0 unspecified atom stereocenters. The fourth-order valence-corrected chi connectivity index (χ4v) is 7.25. The fourth-order valence-electron chi connectivity index (χ4n) is 7.25. The minimum Gasteiger partial charge on any atom is -0.309 e. The lowest BCUT2D eigenvalue weighted by Crippen LogP contribution is -1.97. The molecule has 3 nitrogen and oxygen atoms in total. The predicted octanol–water partition coefficient (Wildman–Crippen LogP) is 14.3. The summed E-state index contributed by atoms with van der Waals surface area (Å²) in [6.45, 7) is 0. The molecule has 0 N–H and O–H groups in total. The van der Waals surface area contributed by atoms with Crippen LogP contribution in [0.25, 0.3) is 105 Å². The number of fused-ring (bicyclic) bond motifs is 9. The van der Waals surface area contributed by atoms with E-state index in [4.69, 9.17) is 27.4 Å². The Bertz CT molecular complexity index is 5180. The van der Waals surface area contributed by atoms with E-state index in [1.54, 1.807) is 0 Å². The molecule has 0 bridgehead atoms. The van der Waals surface area contributed by atoms with Crippen molar-refractivity contribution in [3.05, 3.63) is 212 Å². The van der Waals surface area contributed by atoms with E-state index in [0.29, 0.717) is 0 Å². The summed E-state index contributed by atoms with van der Waals surface area (Å²) in [4.78, 5) is 0. The van der Waals surface area contributed by atoms with Crippen molar-refractivity contribution < 1.29 is 41.1 Å². The van der Waals surface area contributed by atoms with Gasteiger partial charge in [0.2, 0.25) is 0 Å². The van der Waals surface area contributed by atoms with Crippen LogP contribution in [-0.4, -0.2) is 13.7 Å². The number of rotatable bonds is 5. The lowest BCUT2D eigenvalue weighted by atomic mass is 9.99. The van der Waals surface area contributed by atoms with Crippen LogP contribution < -0.4 is 0 Å². The molecule has 3 heteroatoms. The highest BCUT2D eigenvalue weighted by Gasteiger charge is 2.19. The number of nitrogens with zero attached hydrogens (tertiary/aromatic N) is 3. The van der Waals surface area contributed by atoms with Crippen molar-refractivity contribution in [1.29, 1.82) is 0 Å². The number of hydrogen-bond acceptors (Lipinski definition) is 0. The maximum absolute atomic E-state index is 10.2. The van der Waals surface area contributed by atoms with E-state index in [9.17, 15) is 13.7 Å². The van der Waals surface area contributed by atoms with Crippen molar-refractivity contribution in [1.82, 2.24) is 13.7 Å². The van der Waals surface area contributed by atoms with Gasteiger partial charge in [0, 0.05) is 49.4 Å². The van der Waals surface area contributed by atoms with E-state index in [2.05, 4.69) is 0 Å². The molecule has 12 aromatic rings. The Balaban J connectivity index is 1.21. The van der Waals surface area contributed by atoms with Gasteiger partial charge in [0.25, 0.3) is 0 Å². The Morgan fingerprint density at radius 1 is 0.281 bits per heavy atom. The summed E-state index contributed by atoms with van der Waals surface area (Å²) in [5, 5.41) is -2.42. The standard InChI is InChI=1S/C54H35N3/c1-2-14-36(15-3-1)37-16-12-17-38(32-37)39-18-13-19-40(33-39)55-51-26-10-6-22-45(51)47-35-42(29-30-53(47)55)57-52-27-11-7-23-46(52)48-34-41(28-31-54(48)57)56-49-24-8-4-20-43(49)44-21-5-9-25-50(44)56/h1-35H/i1D,2D,3D,4D,5D,6D,7D,8D,9D,10D,11D,12D,14D,15D,16D,17D,20D,21D,22D,23D,24D,25D,26D,27D,28D,29D,30D,31D,32D,35D. The second-order valence-electron chi connectivity index (χ2n) is 12.7. The Labute approximate surface area is 371 Å². The van der Waals surface area contributed by atoms with E-state index in [1.807, 2.05) is 0 Å². The summed E-state index contributed by atoms with van der Waals surface area (Å²) in [6, 6.07) is -17.5. The summed E-state index contributed by atoms with van der Waals surface area (Å²) in [7, 11) is 0. The molecule has 0 saturated heterocycles. The highest BCUT2D eigenvalue weighted by molar-refractivity contribution is 6.14. The van der Waals surface area contributed by atoms with E-state index in [1.165, 1.54) is 24.3 Å². The molecule has 0 aliphatic heterocycles. The number of aromatic nitrogens is 3. The first-order valence-electron chi connectivity index (χ1n) is 32.2. The minimum atomic E-state index is -0.923. The Hall–Kier alpha value is -7.62. The molecule has 0 aliphatic carbocycles. The SMILES string of the molecule is [2H]c1c([2H])c([2H])c(-c2c([2H])c([2H])c([2H])c(-c3cccc(-n4c5c([2H])c([2H])c([2H])c([2H])c5c5c([2H])c(-n6c7c([2H])c([2H])c(-n8c9c([2H])c([2H])c([2H])c([2H])c9c9c([2H])c([2H])c([2H])c([2H])c98)cc7c7c([2H])c([2H])c([2H])c([2H])c76)c([2H])c([2H])c54)c3)c2[2H])c([2H])c1[2H]. The molecule has 0 atom stereocenters. The summed E-state index contributed by atoms with van der Waals surface area (Å²) in [6.07, 6.45) is 0. The van der Waals surface area contributed by atoms with Gasteiger partial charge in [-0.3, -0.25) is 0 Å². The van der Waals surface area contributed by atoms with Crippen LogP contribution in [0.1, 0.15) is 41.1 Å². The van der Waals surface area contributed by atoms with Crippen molar-refractivity contribution in [2.45, 2.75) is 0 Å². The molecular formula is C54H35N3.